The zero-order valence-electron chi connectivity index (χ0n) is 17.1. The molecule has 0 aromatic heterocycles. The third kappa shape index (κ3) is 3.01. The SMILES string of the molecule is Cc1ccc(CN2C[C@]34C=C[C@H](O3)[C@H](C(=O)N3CCCOCC3)[C@@H]4C2=O)cc1C. The van der Waals surface area contributed by atoms with Crippen LogP contribution in [0.4, 0.5) is 0 Å². The minimum absolute atomic E-state index is 0.0399. The summed E-state index contributed by atoms with van der Waals surface area (Å²) in [5.74, 6) is -0.756. The first kappa shape index (κ1) is 18.8. The molecule has 3 fully saturated rings. The van der Waals surface area contributed by atoms with Crippen molar-refractivity contribution in [1.82, 2.24) is 9.80 Å². The van der Waals surface area contributed by atoms with Crippen molar-refractivity contribution in [2.24, 2.45) is 11.8 Å². The van der Waals surface area contributed by atoms with E-state index >= 15 is 0 Å². The first-order valence-electron chi connectivity index (χ1n) is 10.6. The van der Waals surface area contributed by atoms with Crippen LogP contribution in [0.25, 0.3) is 0 Å². The van der Waals surface area contributed by atoms with E-state index in [1.807, 2.05) is 22.0 Å². The van der Waals surface area contributed by atoms with Crippen molar-refractivity contribution in [3.8, 4) is 0 Å². The number of carbonyl (C=O) groups excluding carboxylic acids is 2. The Morgan fingerprint density at radius 1 is 1.21 bits per heavy atom. The Morgan fingerprint density at radius 3 is 2.90 bits per heavy atom. The average molecular weight is 396 g/mol. The summed E-state index contributed by atoms with van der Waals surface area (Å²) in [5, 5.41) is 0. The van der Waals surface area contributed by atoms with Gasteiger partial charge in [-0.15, -0.1) is 0 Å². The van der Waals surface area contributed by atoms with E-state index in [2.05, 4.69) is 32.0 Å². The van der Waals surface area contributed by atoms with Crippen LogP contribution < -0.4 is 0 Å². The van der Waals surface area contributed by atoms with Gasteiger partial charge in [-0.2, -0.15) is 0 Å². The minimum Gasteiger partial charge on any atom is -0.380 e. The Hall–Kier alpha value is -2.18. The van der Waals surface area contributed by atoms with E-state index in [4.69, 9.17) is 9.47 Å². The molecule has 4 aliphatic heterocycles. The summed E-state index contributed by atoms with van der Waals surface area (Å²) < 4.78 is 11.8. The van der Waals surface area contributed by atoms with Crippen LogP contribution in [0, 0.1) is 25.7 Å². The number of likely N-dealkylation sites (tertiary alicyclic amines) is 1. The molecule has 0 saturated carbocycles. The molecule has 4 aliphatic rings. The van der Waals surface area contributed by atoms with Gasteiger partial charge < -0.3 is 19.3 Å². The molecule has 5 rings (SSSR count). The molecule has 0 N–H and O–H groups in total. The van der Waals surface area contributed by atoms with E-state index in [-0.39, 0.29) is 17.9 Å². The molecule has 1 aromatic rings. The highest BCUT2D eigenvalue weighted by molar-refractivity contribution is 5.93. The van der Waals surface area contributed by atoms with Gasteiger partial charge in [-0.3, -0.25) is 9.59 Å². The lowest BCUT2D eigenvalue weighted by Gasteiger charge is -2.29. The van der Waals surface area contributed by atoms with Gasteiger partial charge in [0.05, 0.1) is 31.1 Å². The molecule has 0 unspecified atom stereocenters. The quantitative estimate of drug-likeness (QED) is 0.732. The van der Waals surface area contributed by atoms with Crippen molar-refractivity contribution in [2.75, 3.05) is 32.8 Å². The lowest BCUT2D eigenvalue weighted by Crippen LogP contribution is -2.46. The van der Waals surface area contributed by atoms with Crippen LogP contribution in [0.3, 0.4) is 0 Å². The molecule has 0 aliphatic carbocycles. The van der Waals surface area contributed by atoms with Gasteiger partial charge in [-0.1, -0.05) is 30.4 Å². The molecule has 1 aromatic carbocycles. The molecule has 0 radical (unpaired) electrons. The van der Waals surface area contributed by atoms with Gasteiger partial charge in [-0.25, -0.2) is 0 Å². The van der Waals surface area contributed by atoms with Crippen LogP contribution in [-0.2, 0) is 25.6 Å². The maximum atomic E-state index is 13.4. The van der Waals surface area contributed by atoms with Crippen LogP contribution in [-0.4, -0.2) is 66.2 Å². The number of aryl methyl sites for hydroxylation is 2. The molecule has 6 heteroatoms. The highest BCUT2D eigenvalue weighted by Gasteiger charge is 2.67. The Kier molecular flexibility index (Phi) is 4.51. The molecule has 6 nitrogen and oxygen atoms in total. The third-order valence-corrected chi connectivity index (χ3v) is 6.94. The fourth-order valence-corrected chi connectivity index (χ4v) is 5.29. The third-order valence-electron chi connectivity index (χ3n) is 6.94. The maximum Gasteiger partial charge on any atom is 0.230 e. The molecular formula is C23H28N2O4. The maximum absolute atomic E-state index is 13.4. The number of fused-ring (bicyclic) bond motifs is 1. The van der Waals surface area contributed by atoms with E-state index in [1.165, 1.54) is 11.1 Å². The summed E-state index contributed by atoms with van der Waals surface area (Å²) in [5.41, 5.74) is 2.93. The molecule has 2 amide bonds. The van der Waals surface area contributed by atoms with Crippen molar-refractivity contribution >= 4 is 11.8 Å². The van der Waals surface area contributed by atoms with E-state index < -0.39 is 17.4 Å². The summed E-state index contributed by atoms with van der Waals surface area (Å²) in [4.78, 5) is 30.5. The van der Waals surface area contributed by atoms with Crippen molar-refractivity contribution < 1.29 is 19.1 Å². The number of hydrogen-bond acceptors (Lipinski definition) is 4. The number of hydrogen-bond donors (Lipinski definition) is 0. The first-order valence-corrected chi connectivity index (χ1v) is 10.6. The molecule has 2 bridgehead atoms. The fourth-order valence-electron chi connectivity index (χ4n) is 5.29. The molecule has 29 heavy (non-hydrogen) atoms. The van der Waals surface area contributed by atoms with Crippen molar-refractivity contribution in [1.29, 1.82) is 0 Å². The Bertz CT molecular complexity index is 874. The van der Waals surface area contributed by atoms with Crippen LogP contribution in [0.5, 0.6) is 0 Å². The number of ether oxygens (including phenoxy) is 2. The van der Waals surface area contributed by atoms with Crippen LogP contribution in [0.15, 0.2) is 30.4 Å². The molecule has 3 saturated heterocycles. The van der Waals surface area contributed by atoms with E-state index in [1.54, 1.807) is 0 Å². The number of rotatable bonds is 3. The second-order valence-electron chi connectivity index (χ2n) is 8.80. The van der Waals surface area contributed by atoms with E-state index in [0.717, 1.165) is 12.0 Å². The molecule has 4 atom stereocenters. The normalized spacial score (nSPS) is 33.3. The second kappa shape index (κ2) is 6.96. The number of benzene rings is 1. The molecule has 1 spiro atoms. The number of nitrogens with zero attached hydrogens (tertiary/aromatic N) is 2. The van der Waals surface area contributed by atoms with Gasteiger partial charge in [-0.05, 0) is 37.0 Å². The second-order valence-corrected chi connectivity index (χ2v) is 8.80. The van der Waals surface area contributed by atoms with Crippen LogP contribution in [0.1, 0.15) is 23.1 Å². The van der Waals surface area contributed by atoms with Crippen molar-refractivity contribution in [3.63, 3.8) is 0 Å². The lowest BCUT2D eigenvalue weighted by molar-refractivity contribution is -0.143. The van der Waals surface area contributed by atoms with Gasteiger partial charge in [0, 0.05) is 26.2 Å². The van der Waals surface area contributed by atoms with Gasteiger partial charge >= 0.3 is 0 Å². The summed E-state index contributed by atoms with van der Waals surface area (Å²) in [7, 11) is 0. The van der Waals surface area contributed by atoms with Crippen molar-refractivity contribution in [3.05, 3.63) is 47.0 Å². The number of amides is 2. The summed E-state index contributed by atoms with van der Waals surface area (Å²) in [6.07, 6.45) is 4.56. The topological polar surface area (TPSA) is 59.1 Å². The summed E-state index contributed by atoms with van der Waals surface area (Å²) >= 11 is 0. The Morgan fingerprint density at radius 2 is 2.07 bits per heavy atom. The summed E-state index contributed by atoms with van der Waals surface area (Å²) in [6, 6.07) is 6.32. The van der Waals surface area contributed by atoms with E-state index in [9.17, 15) is 9.59 Å². The van der Waals surface area contributed by atoms with Crippen molar-refractivity contribution in [2.45, 2.75) is 38.5 Å². The zero-order chi connectivity index (χ0) is 20.2. The molecular weight excluding hydrogens is 368 g/mol. The smallest absolute Gasteiger partial charge is 0.230 e. The average Bonchev–Trinajstić information content (AvgIpc) is 3.23. The minimum atomic E-state index is -0.649. The van der Waals surface area contributed by atoms with Gasteiger partial charge in [0.1, 0.15) is 5.60 Å². The van der Waals surface area contributed by atoms with Gasteiger partial charge in [0.15, 0.2) is 0 Å². The Labute approximate surface area is 171 Å². The van der Waals surface area contributed by atoms with Crippen LogP contribution in [0.2, 0.25) is 0 Å². The first-order chi connectivity index (χ1) is 14.0. The fraction of sp³-hybridized carbons (Fsp3) is 0.565. The van der Waals surface area contributed by atoms with Gasteiger partial charge in [0.25, 0.3) is 0 Å². The van der Waals surface area contributed by atoms with E-state index in [0.29, 0.717) is 39.4 Å². The molecule has 4 heterocycles. The lowest BCUT2D eigenvalue weighted by atomic mass is 9.76. The van der Waals surface area contributed by atoms with Gasteiger partial charge in [0.2, 0.25) is 11.8 Å². The highest BCUT2D eigenvalue weighted by Crippen LogP contribution is 2.52. The van der Waals surface area contributed by atoms with Crippen LogP contribution >= 0.6 is 0 Å². The zero-order valence-corrected chi connectivity index (χ0v) is 17.1. The Balaban J connectivity index is 1.38. The number of carbonyl (C=O) groups is 2. The highest BCUT2D eigenvalue weighted by atomic mass is 16.5. The summed E-state index contributed by atoms with van der Waals surface area (Å²) in [6.45, 7) is 7.77. The predicted molar refractivity (Wildman–Crippen MR) is 107 cm³/mol. The largest absolute Gasteiger partial charge is 0.380 e. The standard InChI is InChI=1S/C23H28N2O4/c1-15-4-5-17(12-16(15)2)13-25-14-23-7-6-18(29-23)19(20(23)22(25)27)21(26)24-8-3-10-28-11-9-24/h4-7,12,18-20H,3,8-11,13-14H2,1-2H3/t18-,19-,20+,23-/m0/s1. The monoisotopic (exact) mass is 396 g/mol. The predicted octanol–water partition coefficient (Wildman–Crippen LogP) is 1.83. The molecule has 154 valence electrons.